The number of Topliss-reactive ketones (excluding diaryl/α,β-unsaturated/α-hetero) is 1. The van der Waals surface area contributed by atoms with E-state index < -0.39 is 88.8 Å². The summed E-state index contributed by atoms with van der Waals surface area (Å²) in [5.41, 5.74) is 2.08. The number of esters is 1. The maximum Gasteiger partial charge on any atom is 0.312 e. The number of hydrogen-bond donors (Lipinski definition) is 7. The Morgan fingerprint density at radius 2 is 1.66 bits per heavy atom. The molecule has 4 aliphatic rings. The van der Waals surface area contributed by atoms with Crippen molar-refractivity contribution < 1.29 is 58.9 Å². The number of allylic oxidation sites excluding steroid dienone is 2. The maximum atomic E-state index is 14.5. The number of phenolic OH excluding ortho intramolecular Hbond substituents is 3. The zero-order valence-corrected chi connectivity index (χ0v) is 38.2. The monoisotopic (exact) mass is 900 g/mol. The first-order valence-electron chi connectivity index (χ1n) is 21.8. The highest BCUT2D eigenvalue weighted by molar-refractivity contribution is 6.24. The molecule has 5 bridgehead atoms. The predicted octanol–water partition coefficient (Wildman–Crippen LogP) is 5.98. The smallest absolute Gasteiger partial charge is 0.312 e. The Bertz CT molecular complexity index is 2410. The van der Waals surface area contributed by atoms with Gasteiger partial charge >= 0.3 is 11.8 Å². The lowest BCUT2D eigenvalue weighted by Crippen LogP contribution is -2.46. The van der Waals surface area contributed by atoms with Gasteiger partial charge in [0.2, 0.25) is 0 Å². The summed E-state index contributed by atoms with van der Waals surface area (Å²) in [4.78, 5) is 42.9. The molecule has 1 aromatic heterocycles. The number of piperidine rings is 1. The molecule has 0 radical (unpaired) electrons. The molecule has 18 nitrogen and oxygen atoms in total. The second-order valence-corrected chi connectivity index (χ2v) is 17.3. The molecule has 0 spiro atoms. The molecule has 9 unspecified atom stereocenters. The van der Waals surface area contributed by atoms with Crippen LogP contribution >= 0.6 is 0 Å². The Kier molecular flexibility index (Phi) is 14.7. The van der Waals surface area contributed by atoms with Gasteiger partial charge in [0.1, 0.15) is 23.4 Å². The molecule has 1 saturated heterocycles. The average Bonchev–Trinajstić information content (AvgIpc) is 3.55. The van der Waals surface area contributed by atoms with E-state index in [2.05, 4.69) is 30.9 Å². The van der Waals surface area contributed by atoms with Gasteiger partial charge in [-0.05, 0) is 51.3 Å². The number of ketones is 1. The number of carbonyl (C=O) groups excluding carboxylic acids is 3. The number of aliphatic hydroxyl groups is 2. The van der Waals surface area contributed by atoms with E-state index in [4.69, 9.17) is 18.9 Å². The number of aromatic hydroxyl groups is 3. The van der Waals surface area contributed by atoms with Crippen LogP contribution in [-0.4, -0.2) is 110 Å². The molecule has 9 atom stereocenters. The van der Waals surface area contributed by atoms with E-state index >= 15 is 0 Å². The van der Waals surface area contributed by atoms with Crippen LogP contribution in [0.1, 0.15) is 89.2 Å². The Balaban J connectivity index is 1.47. The molecule has 0 saturated carbocycles. The van der Waals surface area contributed by atoms with Crippen molar-refractivity contribution in [1.29, 1.82) is 0 Å². The molecule has 1 fully saturated rings. The van der Waals surface area contributed by atoms with Gasteiger partial charge < -0.3 is 54.7 Å². The molecule has 5 heterocycles. The molecular formula is C47H60N6O12. The summed E-state index contributed by atoms with van der Waals surface area (Å²) in [6.07, 6.45) is 7.80. The van der Waals surface area contributed by atoms with Crippen LogP contribution in [-0.2, 0) is 23.8 Å². The van der Waals surface area contributed by atoms with Crippen LogP contribution in [0.5, 0.6) is 23.0 Å². The van der Waals surface area contributed by atoms with Gasteiger partial charge in [-0.3, -0.25) is 19.8 Å². The van der Waals surface area contributed by atoms with Crippen LogP contribution < -0.4 is 20.4 Å². The SMILES string of the molecule is COC1/C=C/OC2(C)Oc3c(C)c(O)c4c(O)c(c(/C=N\Nc5ccc(N6CCCCC6)nn5)c(O)c4c3C2=O)NC(=O)/C(C)=C/C=C/C(C)C(O)C(C)C(O)C(C)C(OC(C)=O)C1C. The number of rotatable bonds is 6. The van der Waals surface area contributed by atoms with E-state index in [1.54, 1.807) is 52.0 Å². The fraction of sp³-hybridized carbons (Fsp3) is 0.489. The van der Waals surface area contributed by atoms with Gasteiger partial charge in [0, 0.05) is 74.2 Å². The largest absolute Gasteiger partial charge is 0.507 e. The van der Waals surface area contributed by atoms with E-state index in [-0.39, 0.29) is 50.3 Å². The Morgan fingerprint density at radius 1 is 0.954 bits per heavy atom. The number of amides is 1. The van der Waals surface area contributed by atoms with Gasteiger partial charge in [-0.25, -0.2) is 0 Å². The van der Waals surface area contributed by atoms with E-state index in [0.717, 1.165) is 38.6 Å². The van der Waals surface area contributed by atoms with E-state index in [0.29, 0.717) is 5.82 Å². The van der Waals surface area contributed by atoms with Crippen LogP contribution in [0.4, 0.5) is 17.3 Å². The molecule has 1 amide bonds. The number of methoxy groups -OCH3 is 1. The standard InChI is InChI=1S/C47H60N6O12/c1-23-14-13-15-24(2)46(61)49-37-30(22-48-50-32-16-17-33(52-51-32)53-19-11-10-12-20-53)41(58)34-35(42(37)59)40(57)28(6)44-36(34)45(60)47(8,65-44)63-21-18-31(62-9)25(3)43(64-29(7)54)27(5)39(56)26(4)38(23)55/h13-18,21-23,25-27,31,38-39,43,55-59H,10-12,19-20H2,1-9H3,(H,49,61)(H,50,51)/b14-13+,21-18+,24-15+,48-22-. The van der Waals surface area contributed by atoms with E-state index in [1.165, 1.54) is 53.2 Å². The number of benzene rings is 2. The predicted molar refractivity (Wildman–Crippen MR) is 243 cm³/mol. The first-order valence-corrected chi connectivity index (χ1v) is 21.8. The van der Waals surface area contributed by atoms with Gasteiger partial charge in [0.15, 0.2) is 17.4 Å². The maximum absolute atomic E-state index is 14.5. The summed E-state index contributed by atoms with van der Waals surface area (Å²) in [7, 11) is 1.43. The molecule has 65 heavy (non-hydrogen) atoms. The van der Waals surface area contributed by atoms with Crippen molar-refractivity contribution in [3.8, 4) is 23.0 Å². The van der Waals surface area contributed by atoms with E-state index in [1.807, 2.05) is 0 Å². The second kappa shape index (κ2) is 19.9. The third-order valence-corrected chi connectivity index (χ3v) is 12.7. The van der Waals surface area contributed by atoms with Gasteiger partial charge in [0.05, 0.1) is 53.0 Å². The van der Waals surface area contributed by atoms with Crippen molar-refractivity contribution in [3.63, 3.8) is 0 Å². The fourth-order valence-corrected chi connectivity index (χ4v) is 8.71. The molecule has 7 N–H and O–H groups in total. The summed E-state index contributed by atoms with van der Waals surface area (Å²) in [6.45, 7) is 14.2. The summed E-state index contributed by atoms with van der Waals surface area (Å²) in [5, 5.41) is 73.5. The topological polar surface area (TPSA) is 255 Å². The number of anilines is 3. The zero-order valence-electron chi connectivity index (χ0n) is 38.2. The summed E-state index contributed by atoms with van der Waals surface area (Å²) in [5.74, 6) is -7.82. The molecule has 2 aromatic carbocycles. The normalized spacial score (nSPS) is 29.8. The first kappa shape index (κ1) is 48.2. The average molecular weight is 901 g/mol. The lowest BCUT2D eigenvalue weighted by atomic mass is 9.78. The molecule has 18 heteroatoms. The highest BCUT2D eigenvalue weighted by Gasteiger charge is 2.50. The number of phenols is 3. The van der Waals surface area contributed by atoms with Crippen molar-refractivity contribution in [2.24, 2.45) is 28.8 Å². The first-order chi connectivity index (χ1) is 30.8. The molecule has 0 aliphatic carbocycles. The van der Waals surface area contributed by atoms with Crippen molar-refractivity contribution in [2.75, 3.05) is 35.8 Å². The number of aliphatic hydroxyl groups excluding tert-OH is 2. The zero-order chi connectivity index (χ0) is 47.5. The second-order valence-electron chi connectivity index (χ2n) is 17.3. The third kappa shape index (κ3) is 9.74. The minimum atomic E-state index is -2.08. The fourth-order valence-electron chi connectivity index (χ4n) is 8.71. The number of hydrazone groups is 1. The Hall–Kier alpha value is -6.24. The van der Waals surface area contributed by atoms with Crippen LogP contribution in [0.15, 0.2) is 53.4 Å². The van der Waals surface area contributed by atoms with Crippen molar-refractivity contribution >= 4 is 52.0 Å². The number of fused-ring (bicyclic) bond motifs is 14. The molecular weight excluding hydrogens is 841 g/mol. The number of hydrogen-bond acceptors (Lipinski definition) is 17. The molecule has 3 aromatic rings. The molecule has 7 rings (SSSR count). The lowest BCUT2D eigenvalue weighted by Gasteiger charge is -2.38. The highest BCUT2D eigenvalue weighted by atomic mass is 16.7. The van der Waals surface area contributed by atoms with Crippen molar-refractivity contribution in [1.82, 2.24) is 10.2 Å². The van der Waals surface area contributed by atoms with Gasteiger partial charge in [-0.1, -0.05) is 45.9 Å². The number of nitrogens with zero attached hydrogens (tertiary/aromatic N) is 4. The summed E-state index contributed by atoms with van der Waals surface area (Å²) in [6, 6.07) is 3.48. The van der Waals surface area contributed by atoms with Gasteiger partial charge in [-0.2, -0.15) is 5.10 Å². The highest BCUT2D eigenvalue weighted by Crippen LogP contribution is 2.55. The quantitative estimate of drug-likeness (QED) is 0.0494. The number of ether oxygens (including phenoxy) is 4. The summed E-state index contributed by atoms with van der Waals surface area (Å²) < 4.78 is 23.6. The van der Waals surface area contributed by atoms with Gasteiger partial charge in [-0.15, -0.1) is 10.2 Å². The van der Waals surface area contributed by atoms with Crippen LogP contribution in [0.2, 0.25) is 0 Å². The van der Waals surface area contributed by atoms with Crippen molar-refractivity contribution in [3.05, 3.63) is 65.0 Å². The van der Waals surface area contributed by atoms with Gasteiger partial charge in [0.25, 0.3) is 11.7 Å². The van der Waals surface area contributed by atoms with Crippen LogP contribution in [0, 0.1) is 30.6 Å². The minimum Gasteiger partial charge on any atom is -0.507 e. The Morgan fingerprint density at radius 3 is 2.31 bits per heavy atom. The minimum absolute atomic E-state index is 0.0243. The number of carbonyl (C=O) groups is 3. The van der Waals surface area contributed by atoms with Crippen molar-refractivity contribution in [2.45, 2.75) is 105 Å². The van der Waals surface area contributed by atoms with Crippen LogP contribution in [0.3, 0.4) is 0 Å². The Labute approximate surface area is 377 Å². The summed E-state index contributed by atoms with van der Waals surface area (Å²) >= 11 is 0. The molecule has 350 valence electrons. The third-order valence-electron chi connectivity index (χ3n) is 12.7. The van der Waals surface area contributed by atoms with Crippen LogP contribution in [0.25, 0.3) is 10.8 Å². The number of nitrogens with one attached hydrogen (secondary N) is 2. The number of aromatic nitrogens is 2. The lowest BCUT2D eigenvalue weighted by molar-refractivity contribution is -0.160. The molecule has 4 aliphatic heterocycles. The van der Waals surface area contributed by atoms with E-state index in [9.17, 15) is 39.9 Å².